The standard InChI is InChI=1S/C19H17F4NO3/c20-15(12-24)3-1-2-13-4-8-16(9-5-13)26-18(25)14-6-10-17(11-7-14)27-19(21,22)23/h1-3,6-7,10-11,13,16H,4-5,8-9H2/b2-1+,15-3-. The molecule has 0 amide bonds. The van der Waals surface area contributed by atoms with E-state index in [0.717, 1.165) is 31.1 Å². The van der Waals surface area contributed by atoms with Crippen LogP contribution >= 0.6 is 0 Å². The van der Waals surface area contributed by atoms with E-state index >= 15 is 0 Å². The first-order chi connectivity index (χ1) is 12.8. The van der Waals surface area contributed by atoms with Gasteiger partial charge in [0.25, 0.3) is 0 Å². The molecule has 0 unspecified atom stereocenters. The second kappa shape index (κ2) is 9.21. The topological polar surface area (TPSA) is 59.3 Å². The molecule has 0 N–H and O–H groups in total. The number of hydrogen-bond acceptors (Lipinski definition) is 4. The number of alkyl halides is 3. The van der Waals surface area contributed by atoms with Gasteiger partial charge in [-0.1, -0.05) is 12.2 Å². The van der Waals surface area contributed by atoms with Crippen molar-refractivity contribution in [1.82, 2.24) is 0 Å². The number of ether oxygens (including phenoxy) is 2. The summed E-state index contributed by atoms with van der Waals surface area (Å²) in [6.45, 7) is 0. The molecule has 1 saturated carbocycles. The summed E-state index contributed by atoms with van der Waals surface area (Å²) in [6.07, 6.45) is 2.09. The fourth-order valence-corrected chi connectivity index (χ4v) is 2.75. The number of carbonyl (C=O) groups is 1. The maximum absolute atomic E-state index is 12.7. The number of carbonyl (C=O) groups excluding carboxylic acids is 1. The fourth-order valence-electron chi connectivity index (χ4n) is 2.75. The third-order valence-corrected chi connectivity index (χ3v) is 4.05. The van der Waals surface area contributed by atoms with E-state index in [2.05, 4.69) is 4.74 Å². The Morgan fingerprint density at radius 2 is 1.78 bits per heavy atom. The van der Waals surface area contributed by atoms with E-state index in [4.69, 9.17) is 10.00 Å². The quantitative estimate of drug-likeness (QED) is 0.302. The Labute approximate surface area is 153 Å². The number of benzene rings is 1. The Balaban J connectivity index is 1.81. The SMILES string of the molecule is N#C/C(F)=C/C=C/C1CCC(OC(=O)c2ccc(OC(F)(F)F)cc2)CC1. The summed E-state index contributed by atoms with van der Waals surface area (Å²) in [4.78, 5) is 12.1. The lowest BCUT2D eigenvalue weighted by Crippen LogP contribution is -2.24. The summed E-state index contributed by atoms with van der Waals surface area (Å²) in [6, 6.07) is 5.93. The van der Waals surface area contributed by atoms with Crippen molar-refractivity contribution in [3.05, 3.63) is 53.9 Å². The minimum atomic E-state index is -4.79. The van der Waals surface area contributed by atoms with Crippen molar-refractivity contribution in [2.24, 2.45) is 5.92 Å². The maximum Gasteiger partial charge on any atom is 0.573 e. The van der Waals surface area contributed by atoms with Crippen LogP contribution in [-0.2, 0) is 4.74 Å². The zero-order valence-corrected chi connectivity index (χ0v) is 14.2. The van der Waals surface area contributed by atoms with Gasteiger partial charge in [-0.25, -0.2) is 4.79 Å². The van der Waals surface area contributed by atoms with E-state index < -0.39 is 23.9 Å². The molecule has 0 radical (unpaired) electrons. The van der Waals surface area contributed by atoms with Crippen LogP contribution in [0.4, 0.5) is 17.6 Å². The lowest BCUT2D eigenvalue weighted by Gasteiger charge is -2.26. The molecular weight excluding hydrogens is 366 g/mol. The number of nitriles is 1. The molecule has 0 heterocycles. The Bertz CT molecular complexity index is 740. The number of rotatable bonds is 5. The summed E-state index contributed by atoms with van der Waals surface area (Å²) in [7, 11) is 0. The largest absolute Gasteiger partial charge is 0.573 e. The first kappa shape index (κ1) is 20.5. The van der Waals surface area contributed by atoms with Crippen LogP contribution in [0.3, 0.4) is 0 Å². The van der Waals surface area contributed by atoms with E-state index in [1.54, 1.807) is 0 Å². The van der Waals surface area contributed by atoms with Gasteiger partial charge in [0.2, 0.25) is 0 Å². The highest BCUT2D eigenvalue weighted by Crippen LogP contribution is 2.28. The van der Waals surface area contributed by atoms with Gasteiger partial charge in [-0.2, -0.15) is 9.65 Å². The highest BCUT2D eigenvalue weighted by atomic mass is 19.4. The van der Waals surface area contributed by atoms with Gasteiger partial charge < -0.3 is 9.47 Å². The molecule has 1 aliphatic rings. The van der Waals surface area contributed by atoms with Crippen LogP contribution < -0.4 is 4.74 Å². The Morgan fingerprint density at radius 1 is 1.15 bits per heavy atom. The lowest BCUT2D eigenvalue weighted by molar-refractivity contribution is -0.274. The Kier molecular flexibility index (Phi) is 6.99. The van der Waals surface area contributed by atoms with Gasteiger partial charge >= 0.3 is 12.3 Å². The fraction of sp³-hybridized carbons (Fsp3) is 0.368. The van der Waals surface area contributed by atoms with Gasteiger partial charge in [-0.15, -0.1) is 13.2 Å². The van der Waals surface area contributed by atoms with Crippen molar-refractivity contribution in [2.75, 3.05) is 0 Å². The van der Waals surface area contributed by atoms with Gasteiger partial charge in [0.1, 0.15) is 17.9 Å². The van der Waals surface area contributed by atoms with Gasteiger partial charge in [0.05, 0.1) is 5.56 Å². The number of esters is 1. The molecule has 8 heteroatoms. The summed E-state index contributed by atoms with van der Waals surface area (Å²) < 4.78 is 58.2. The molecule has 1 fully saturated rings. The minimum absolute atomic E-state index is 0.142. The normalized spacial score (nSPS) is 20.9. The molecule has 0 bridgehead atoms. The summed E-state index contributed by atoms with van der Waals surface area (Å²) in [5.74, 6) is -1.66. The molecule has 1 aromatic carbocycles. The molecule has 144 valence electrons. The number of nitrogens with zero attached hydrogens (tertiary/aromatic N) is 1. The van der Waals surface area contributed by atoms with Crippen LogP contribution in [0.15, 0.2) is 48.3 Å². The second-order valence-corrected chi connectivity index (χ2v) is 6.03. The molecule has 0 aliphatic heterocycles. The average molecular weight is 383 g/mol. The Hall–Kier alpha value is -2.82. The van der Waals surface area contributed by atoms with Crippen molar-refractivity contribution < 1.29 is 31.8 Å². The first-order valence-electron chi connectivity index (χ1n) is 8.27. The zero-order valence-electron chi connectivity index (χ0n) is 14.2. The van der Waals surface area contributed by atoms with Crippen LogP contribution in [-0.4, -0.2) is 18.4 Å². The molecule has 27 heavy (non-hydrogen) atoms. The van der Waals surface area contributed by atoms with Gasteiger partial charge in [0, 0.05) is 0 Å². The molecule has 4 nitrogen and oxygen atoms in total. The maximum atomic E-state index is 12.7. The van der Waals surface area contributed by atoms with E-state index in [1.165, 1.54) is 24.3 Å². The van der Waals surface area contributed by atoms with E-state index in [0.29, 0.717) is 12.8 Å². The average Bonchev–Trinajstić information content (AvgIpc) is 2.62. The molecule has 0 atom stereocenters. The van der Waals surface area contributed by atoms with E-state index in [9.17, 15) is 22.4 Å². The molecule has 0 aromatic heterocycles. The Morgan fingerprint density at radius 3 is 2.33 bits per heavy atom. The third-order valence-electron chi connectivity index (χ3n) is 4.05. The van der Waals surface area contributed by atoms with Crippen LogP contribution in [0.2, 0.25) is 0 Å². The number of halogens is 4. The predicted octanol–water partition coefficient (Wildman–Crippen LogP) is 5.23. The smallest absolute Gasteiger partial charge is 0.459 e. The van der Waals surface area contributed by atoms with Crippen molar-refractivity contribution in [3.8, 4) is 11.8 Å². The molecule has 1 aliphatic carbocycles. The van der Waals surface area contributed by atoms with E-state index in [-0.39, 0.29) is 17.6 Å². The third kappa shape index (κ3) is 7.13. The van der Waals surface area contributed by atoms with Crippen molar-refractivity contribution in [2.45, 2.75) is 38.1 Å². The van der Waals surface area contributed by atoms with Crippen LogP contribution in [0.25, 0.3) is 0 Å². The van der Waals surface area contributed by atoms with Gasteiger partial charge in [-0.3, -0.25) is 0 Å². The second-order valence-electron chi connectivity index (χ2n) is 6.03. The number of hydrogen-bond donors (Lipinski definition) is 0. The highest BCUT2D eigenvalue weighted by molar-refractivity contribution is 5.89. The minimum Gasteiger partial charge on any atom is -0.459 e. The van der Waals surface area contributed by atoms with Gasteiger partial charge in [0.15, 0.2) is 5.83 Å². The van der Waals surface area contributed by atoms with Gasteiger partial charge in [-0.05, 0) is 61.9 Å². The summed E-state index contributed by atoms with van der Waals surface area (Å²) >= 11 is 0. The van der Waals surface area contributed by atoms with Crippen molar-refractivity contribution in [1.29, 1.82) is 5.26 Å². The molecule has 0 saturated heterocycles. The number of allylic oxidation sites excluding steroid dienone is 4. The molecule has 0 spiro atoms. The molecular formula is C19H17F4NO3. The van der Waals surface area contributed by atoms with Crippen molar-refractivity contribution in [3.63, 3.8) is 0 Å². The lowest BCUT2D eigenvalue weighted by atomic mass is 9.87. The highest BCUT2D eigenvalue weighted by Gasteiger charge is 2.31. The van der Waals surface area contributed by atoms with Crippen LogP contribution in [0, 0.1) is 17.2 Å². The van der Waals surface area contributed by atoms with Crippen LogP contribution in [0.1, 0.15) is 36.0 Å². The van der Waals surface area contributed by atoms with E-state index in [1.807, 2.05) is 6.08 Å². The monoisotopic (exact) mass is 383 g/mol. The summed E-state index contributed by atoms with van der Waals surface area (Å²) in [5.41, 5.74) is 0.142. The molecule has 1 aromatic rings. The summed E-state index contributed by atoms with van der Waals surface area (Å²) in [5, 5.41) is 8.32. The van der Waals surface area contributed by atoms with Crippen molar-refractivity contribution >= 4 is 5.97 Å². The van der Waals surface area contributed by atoms with Crippen LogP contribution in [0.5, 0.6) is 5.75 Å². The molecule has 2 rings (SSSR count). The zero-order chi connectivity index (χ0) is 19.9. The predicted molar refractivity (Wildman–Crippen MR) is 88.2 cm³/mol. The first-order valence-corrected chi connectivity index (χ1v) is 8.27.